The normalized spacial score (nSPS) is 10.8. The van der Waals surface area contributed by atoms with Gasteiger partial charge in [-0.05, 0) is 13.0 Å². The molecular formula is C9H17N3O2. The zero-order valence-electron chi connectivity index (χ0n) is 9.31. The molecule has 5 nitrogen and oxygen atoms in total. The summed E-state index contributed by atoms with van der Waals surface area (Å²) in [6, 6.07) is 0. The summed E-state index contributed by atoms with van der Waals surface area (Å²) in [5.74, 6) is 0.917. The zero-order chi connectivity index (χ0) is 11.3. The van der Waals surface area contributed by atoms with Gasteiger partial charge in [-0.2, -0.15) is 0 Å². The van der Waals surface area contributed by atoms with E-state index in [1.54, 1.807) is 13.0 Å². The molecule has 5 heteroatoms. The fourth-order valence-corrected chi connectivity index (χ4v) is 1.07. The lowest BCUT2D eigenvalue weighted by atomic mass is 10.3. The Morgan fingerprint density at radius 1 is 1.21 bits per heavy atom. The lowest BCUT2D eigenvalue weighted by Crippen LogP contribution is -2.24. The number of nitrogens with zero attached hydrogens (tertiary/aromatic N) is 3. The number of hydrogen-bond donors (Lipinski definition) is 0. The molecule has 80 valence electrons. The Bertz CT molecular complexity index is 257. The summed E-state index contributed by atoms with van der Waals surface area (Å²) < 4.78 is 0. The van der Waals surface area contributed by atoms with Gasteiger partial charge in [0.1, 0.15) is 5.82 Å². The van der Waals surface area contributed by atoms with Crippen molar-refractivity contribution in [1.29, 1.82) is 0 Å². The number of hydrogen-bond acceptors (Lipinski definition) is 4. The van der Waals surface area contributed by atoms with E-state index in [1.165, 1.54) is 0 Å². The molecule has 0 aliphatic rings. The first-order valence-electron chi connectivity index (χ1n) is 4.23. The predicted molar refractivity (Wildman–Crippen MR) is 56.2 cm³/mol. The molecule has 0 aromatic heterocycles. The molecule has 0 aromatic rings. The number of allylic oxidation sites excluding steroid dienone is 2. The van der Waals surface area contributed by atoms with Crippen molar-refractivity contribution in [2.24, 2.45) is 0 Å². The molecule has 0 amide bonds. The van der Waals surface area contributed by atoms with Gasteiger partial charge in [-0.25, -0.2) is 0 Å². The van der Waals surface area contributed by atoms with Gasteiger partial charge in [-0.3, -0.25) is 10.1 Å². The second kappa shape index (κ2) is 5.26. The number of rotatable bonds is 4. The van der Waals surface area contributed by atoms with E-state index in [9.17, 15) is 10.1 Å². The molecule has 0 spiro atoms. The molecular weight excluding hydrogens is 182 g/mol. The molecule has 0 aliphatic carbocycles. The highest BCUT2D eigenvalue weighted by Gasteiger charge is 2.03. The first kappa shape index (κ1) is 12.5. The van der Waals surface area contributed by atoms with Gasteiger partial charge in [0, 0.05) is 33.8 Å². The molecule has 14 heavy (non-hydrogen) atoms. The van der Waals surface area contributed by atoms with E-state index in [2.05, 4.69) is 0 Å². The van der Waals surface area contributed by atoms with Gasteiger partial charge in [-0.15, -0.1) is 0 Å². The van der Waals surface area contributed by atoms with Crippen molar-refractivity contribution in [3.63, 3.8) is 0 Å². The van der Waals surface area contributed by atoms with Crippen molar-refractivity contribution in [1.82, 2.24) is 9.80 Å². The van der Waals surface area contributed by atoms with Gasteiger partial charge in [0.15, 0.2) is 0 Å². The lowest BCUT2D eigenvalue weighted by molar-refractivity contribution is -0.403. The summed E-state index contributed by atoms with van der Waals surface area (Å²) in [5.41, 5.74) is 0.618. The Labute approximate surface area is 84.5 Å². The molecule has 0 saturated carbocycles. The predicted octanol–water partition coefficient (Wildman–Crippen LogP) is 1.13. The highest BCUT2D eigenvalue weighted by molar-refractivity contribution is 5.18. The van der Waals surface area contributed by atoms with Crippen molar-refractivity contribution < 1.29 is 4.92 Å². The van der Waals surface area contributed by atoms with Crippen LogP contribution in [0.1, 0.15) is 6.92 Å². The van der Waals surface area contributed by atoms with Crippen molar-refractivity contribution >= 4 is 0 Å². The van der Waals surface area contributed by atoms with Crippen molar-refractivity contribution in [3.05, 3.63) is 33.8 Å². The summed E-state index contributed by atoms with van der Waals surface area (Å²) in [7, 11) is 7.58. The van der Waals surface area contributed by atoms with Crippen LogP contribution in [0.3, 0.4) is 0 Å². The van der Waals surface area contributed by atoms with Gasteiger partial charge < -0.3 is 9.80 Å². The van der Waals surface area contributed by atoms with Gasteiger partial charge in [0.05, 0.1) is 4.92 Å². The minimum atomic E-state index is -0.450. The summed E-state index contributed by atoms with van der Waals surface area (Å²) >= 11 is 0. The average molecular weight is 199 g/mol. The van der Waals surface area contributed by atoms with E-state index in [-0.39, 0.29) is 0 Å². The standard InChI is InChI=1S/C9H17N3O2/c1-8(7-12(13)14)6-9(10(2)3)11(4)5/h6-7H,1-5H3/b8-7+. The minimum Gasteiger partial charge on any atom is -0.364 e. The molecule has 0 radical (unpaired) electrons. The highest BCUT2D eigenvalue weighted by Crippen LogP contribution is 2.06. The molecule has 0 atom stereocenters. The van der Waals surface area contributed by atoms with Crippen LogP contribution in [0.25, 0.3) is 0 Å². The van der Waals surface area contributed by atoms with Crippen LogP contribution >= 0.6 is 0 Å². The second-order valence-corrected chi connectivity index (χ2v) is 3.45. The monoisotopic (exact) mass is 199 g/mol. The second-order valence-electron chi connectivity index (χ2n) is 3.45. The van der Waals surface area contributed by atoms with Crippen molar-refractivity contribution in [2.75, 3.05) is 28.2 Å². The van der Waals surface area contributed by atoms with Crippen LogP contribution in [0, 0.1) is 10.1 Å². The molecule has 0 saturated heterocycles. The smallest absolute Gasteiger partial charge is 0.237 e. The molecule has 0 N–H and O–H groups in total. The Hall–Kier alpha value is -1.52. The minimum absolute atomic E-state index is 0.450. The molecule has 0 fully saturated rings. The molecule has 0 aromatic carbocycles. The van der Waals surface area contributed by atoms with Crippen LogP contribution < -0.4 is 0 Å². The van der Waals surface area contributed by atoms with Crippen LogP contribution in [0.2, 0.25) is 0 Å². The van der Waals surface area contributed by atoms with E-state index >= 15 is 0 Å². The maximum atomic E-state index is 10.2. The fraction of sp³-hybridized carbons (Fsp3) is 0.556. The van der Waals surface area contributed by atoms with Crippen LogP contribution in [0.5, 0.6) is 0 Å². The van der Waals surface area contributed by atoms with E-state index in [0.29, 0.717) is 5.57 Å². The summed E-state index contributed by atoms with van der Waals surface area (Å²) in [6.45, 7) is 1.70. The Kier molecular flexibility index (Phi) is 4.69. The van der Waals surface area contributed by atoms with E-state index in [1.807, 2.05) is 38.0 Å². The van der Waals surface area contributed by atoms with Crippen molar-refractivity contribution in [3.8, 4) is 0 Å². The largest absolute Gasteiger partial charge is 0.364 e. The van der Waals surface area contributed by atoms with E-state index in [0.717, 1.165) is 12.0 Å². The maximum absolute atomic E-state index is 10.2. The summed E-state index contributed by atoms with van der Waals surface area (Å²) in [4.78, 5) is 13.6. The van der Waals surface area contributed by atoms with Gasteiger partial charge >= 0.3 is 0 Å². The van der Waals surface area contributed by atoms with Gasteiger partial charge in [0.25, 0.3) is 0 Å². The highest BCUT2D eigenvalue weighted by atomic mass is 16.6. The zero-order valence-corrected chi connectivity index (χ0v) is 9.31. The van der Waals surface area contributed by atoms with Crippen LogP contribution in [0.15, 0.2) is 23.7 Å². The third-order valence-corrected chi connectivity index (χ3v) is 1.58. The summed E-state index contributed by atoms with van der Waals surface area (Å²) in [6.07, 6.45) is 2.76. The van der Waals surface area contributed by atoms with Crippen LogP contribution in [-0.4, -0.2) is 42.9 Å². The Morgan fingerprint density at radius 3 is 1.93 bits per heavy atom. The average Bonchev–Trinajstić information content (AvgIpc) is 1.97. The topological polar surface area (TPSA) is 49.6 Å². The lowest BCUT2D eigenvalue weighted by Gasteiger charge is -2.24. The molecule has 0 heterocycles. The van der Waals surface area contributed by atoms with Crippen LogP contribution in [0.4, 0.5) is 0 Å². The first-order chi connectivity index (χ1) is 6.34. The molecule has 0 unspecified atom stereocenters. The van der Waals surface area contributed by atoms with Crippen molar-refractivity contribution in [2.45, 2.75) is 6.92 Å². The van der Waals surface area contributed by atoms with Crippen LogP contribution in [-0.2, 0) is 0 Å². The molecule has 0 rings (SSSR count). The Morgan fingerprint density at radius 2 is 1.64 bits per heavy atom. The number of nitro groups is 1. The van der Waals surface area contributed by atoms with E-state index in [4.69, 9.17) is 0 Å². The fourth-order valence-electron chi connectivity index (χ4n) is 1.07. The third-order valence-electron chi connectivity index (χ3n) is 1.58. The SMILES string of the molecule is C/C(C=C(N(C)C)N(C)C)=C\[N+](=O)[O-]. The van der Waals surface area contributed by atoms with Gasteiger partial charge in [0.2, 0.25) is 6.20 Å². The Balaban J connectivity index is 4.83. The third kappa shape index (κ3) is 4.49. The quantitative estimate of drug-likeness (QED) is 0.387. The maximum Gasteiger partial charge on any atom is 0.237 e. The van der Waals surface area contributed by atoms with Gasteiger partial charge in [-0.1, -0.05) is 0 Å². The summed E-state index contributed by atoms with van der Waals surface area (Å²) in [5, 5.41) is 10.2. The van der Waals surface area contributed by atoms with E-state index < -0.39 is 4.92 Å². The first-order valence-corrected chi connectivity index (χ1v) is 4.23. The molecule has 0 aliphatic heterocycles. The molecule has 0 bridgehead atoms.